The second-order valence-electron chi connectivity index (χ2n) is 5.42. The molecule has 0 saturated heterocycles. The molecule has 1 aliphatic heterocycles. The lowest BCUT2D eigenvalue weighted by atomic mass is 10.0. The minimum atomic E-state index is -5.83. The molecule has 140 valence electrons. The van der Waals surface area contributed by atoms with Crippen LogP contribution < -0.4 is 5.01 Å². The third-order valence-electron chi connectivity index (χ3n) is 3.71. The van der Waals surface area contributed by atoms with E-state index < -0.39 is 47.6 Å². The molecule has 1 unspecified atom stereocenters. The summed E-state index contributed by atoms with van der Waals surface area (Å²) >= 11 is 4.27. The van der Waals surface area contributed by atoms with Crippen molar-refractivity contribution in [1.29, 1.82) is 0 Å². The summed E-state index contributed by atoms with van der Waals surface area (Å²) in [5.41, 5.74) is -1.82. The number of rotatable bonds is 3. The lowest BCUT2D eigenvalue weighted by Gasteiger charge is -2.23. The molecule has 0 amide bonds. The minimum absolute atomic E-state index is 0.395. The fourth-order valence-electron chi connectivity index (χ4n) is 2.48. The molecule has 0 radical (unpaired) electrons. The van der Waals surface area contributed by atoms with Gasteiger partial charge in [-0.25, -0.2) is 8.78 Å². The van der Waals surface area contributed by atoms with Crippen molar-refractivity contribution in [3.63, 3.8) is 0 Å². The maximum absolute atomic E-state index is 14.1. The van der Waals surface area contributed by atoms with Crippen molar-refractivity contribution in [2.75, 3.05) is 5.01 Å². The van der Waals surface area contributed by atoms with Gasteiger partial charge in [0, 0.05) is 17.4 Å². The molecule has 2 heterocycles. The van der Waals surface area contributed by atoms with Crippen LogP contribution in [-0.4, -0.2) is 17.8 Å². The van der Waals surface area contributed by atoms with Crippen LogP contribution in [0.1, 0.15) is 17.3 Å². The van der Waals surface area contributed by atoms with E-state index in [1.807, 2.05) is 0 Å². The Kier molecular flexibility index (Phi) is 4.80. The van der Waals surface area contributed by atoms with Gasteiger partial charge in [-0.15, -0.1) is 11.3 Å². The first-order valence-corrected chi connectivity index (χ1v) is 8.63. The Morgan fingerprint density at radius 2 is 1.77 bits per heavy atom. The monoisotopic (exact) mass is 460 g/mol. The van der Waals surface area contributed by atoms with Crippen LogP contribution >= 0.6 is 27.3 Å². The Labute approximate surface area is 155 Å². The number of halogens is 8. The van der Waals surface area contributed by atoms with Gasteiger partial charge in [0.25, 0.3) is 0 Å². The number of hydrogen-bond acceptors (Lipinski definition) is 3. The molecular weight excluding hydrogens is 453 g/mol. The highest BCUT2D eigenvalue weighted by molar-refractivity contribution is 9.11. The number of benzene rings is 1. The maximum atomic E-state index is 14.1. The molecule has 26 heavy (non-hydrogen) atoms. The average molecular weight is 461 g/mol. The van der Waals surface area contributed by atoms with Crippen LogP contribution in [-0.2, 0) is 0 Å². The SMILES string of the molecule is Fc1ccc(N2N=C(C(F)(F)C(F)(F)F)CC2c2ccc(Br)s2)c(F)c1. The van der Waals surface area contributed by atoms with Gasteiger partial charge < -0.3 is 0 Å². The second-order valence-corrected chi connectivity index (χ2v) is 7.92. The Balaban J connectivity index is 2.08. The number of hydrogen-bond donors (Lipinski definition) is 0. The van der Waals surface area contributed by atoms with Crippen LogP contribution in [0.25, 0.3) is 0 Å². The molecule has 1 aliphatic rings. The molecule has 2 aromatic rings. The van der Waals surface area contributed by atoms with Crippen molar-refractivity contribution in [2.45, 2.75) is 24.6 Å². The van der Waals surface area contributed by atoms with Crippen molar-refractivity contribution >= 4 is 38.7 Å². The van der Waals surface area contributed by atoms with Gasteiger partial charge in [0.05, 0.1) is 15.5 Å². The first-order chi connectivity index (χ1) is 12.0. The molecule has 0 saturated carbocycles. The predicted molar refractivity (Wildman–Crippen MR) is 86.7 cm³/mol. The van der Waals surface area contributed by atoms with Crippen molar-refractivity contribution < 1.29 is 30.7 Å². The van der Waals surface area contributed by atoms with E-state index in [-0.39, 0.29) is 0 Å². The molecule has 2 nitrogen and oxygen atoms in total. The van der Waals surface area contributed by atoms with E-state index in [0.717, 1.165) is 28.5 Å². The molecule has 1 aromatic carbocycles. The van der Waals surface area contributed by atoms with Gasteiger partial charge in [0.1, 0.15) is 11.5 Å². The lowest BCUT2D eigenvalue weighted by Crippen LogP contribution is -2.43. The molecule has 11 heteroatoms. The summed E-state index contributed by atoms with van der Waals surface area (Å²) < 4.78 is 93.4. The third kappa shape index (κ3) is 3.34. The van der Waals surface area contributed by atoms with E-state index in [4.69, 9.17) is 0 Å². The maximum Gasteiger partial charge on any atom is 0.459 e. The number of hydrazone groups is 1. The highest BCUT2D eigenvalue weighted by Gasteiger charge is 2.63. The van der Waals surface area contributed by atoms with Crippen LogP contribution in [0.4, 0.5) is 36.4 Å². The molecule has 0 aliphatic carbocycles. The number of alkyl halides is 5. The fourth-order valence-corrected chi connectivity index (χ4v) is 3.99. The highest BCUT2D eigenvalue weighted by Crippen LogP contribution is 2.46. The van der Waals surface area contributed by atoms with E-state index in [9.17, 15) is 30.7 Å². The summed E-state index contributed by atoms with van der Waals surface area (Å²) in [7, 11) is 0. The molecule has 1 aromatic heterocycles. The van der Waals surface area contributed by atoms with E-state index >= 15 is 0 Å². The number of anilines is 1. The second kappa shape index (κ2) is 6.52. The zero-order chi connectivity index (χ0) is 19.3. The minimum Gasteiger partial charge on any atom is -0.254 e. The predicted octanol–water partition coefficient (Wildman–Crippen LogP) is 6.29. The summed E-state index contributed by atoms with van der Waals surface area (Å²) in [4.78, 5) is 0.400. The first-order valence-electron chi connectivity index (χ1n) is 7.02. The van der Waals surface area contributed by atoms with Gasteiger partial charge in [0.15, 0.2) is 5.82 Å². The Morgan fingerprint density at radius 3 is 2.31 bits per heavy atom. The molecule has 0 N–H and O–H groups in total. The van der Waals surface area contributed by atoms with Crippen LogP contribution in [0.5, 0.6) is 0 Å². The summed E-state index contributed by atoms with van der Waals surface area (Å²) in [5, 5.41) is 4.10. The molecule has 0 spiro atoms. The molecule has 3 rings (SSSR count). The molecular formula is C15H8BrF7N2S. The van der Waals surface area contributed by atoms with Gasteiger partial charge in [0.2, 0.25) is 0 Å². The average Bonchev–Trinajstić information content (AvgIpc) is 3.12. The standard InChI is InChI=1S/C15H8BrF7N2S/c16-13-4-3-11(26-13)10-6-12(14(19,20)15(21,22)23)24-25(10)9-2-1-7(17)5-8(9)18/h1-5,10H,6H2. The topological polar surface area (TPSA) is 15.6 Å². The Bertz CT molecular complexity index is 862. The van der Waals surface area contributed by atoms with E-state index in [1.165, 1.54) is 6.07 Å². The summed E-state index contributed by atoms with van der Waals surface area (Å²) in [6.07, 6.45) is -6.58. The van der Waals surface area contributed by atoms with Crippen molar-refractivity contribution in [3.05, 3.63) is 50.6 Å². The smallest absolute Gasteiger partial charge is 0.254 e. The molecule has 0 fully saturated rings. The Morgan fingerprint density at radius 1 is 1.08 bits per heavy atom. The normalized spacial score (nSPS) is 18.4. The van der Waals surface area contributed by atoms with Gasteiger partial charge in [-0.3, -0.25) is 5.01 Å². The van der Waals surface area contributed by atoms with E-state index in [0.29, 0.717) is 14.7 Å². The zero-order valence-electron chi connectivity index (χ0n) is 12.5. The molecule has 0 bridgehead atoms. The van der Waals surface area contributed by atoms with Crippen molar-refractivity contribution in [2.24, 2.45) is 5.10 Å². The lowest BCUT2D eigenvalue weighted by molar-refractivity contribution is -0.249. The number of nitrogens with zero attached hydrogens (tertiary/aromatic N) is 2. The molecule has 1 atom stereocenters. The van der Waals surface area contributed by atoms with Crippen LogP contribution in [0, 0.1) is 11.6 Å². The van der Waals surface area contributed by atoms with E-state index in [1.54, 1.807) is 6.07 Å². The van der Waals surface area contributed by atoms with Crippen molar-refractivity contribution in [3.8, 4) is 0 Å². The first kappa shape index (κ1) is 19.2. The summed E-state index contributed by atoms with van der Waals surface area (Å²) in [6, 6.07) is 4.34. The quantitative estimate of drug-likeness (QED) is 0.491. The third-order valence-corrected chi connectivity index (χ3v) is 5.43. The van der Waals surface area contributed by atoms with Gasteiger partial charge in [-0.2, -0.15) is 27.1 Å². The number of thiophene rings is 1. The highest BCUT2D eigenvalue weighted by atomic mass is 79.9. The van der Waals surface area contributed by atoms with Crippen LogP contribution in [0.2, 0.25) is 0 Å². The van der Waals surface area contributed by atoms with E-state index in [2.05, 4.69) is 21.0 Å². The fraction of sp³-hybridized carbons (Fsp3) is 0.267. The van der Waals surface area contributed by atoms with Crippen LogP contribution in [0.15, 0.2) is 39.2 Å². The Hall–Kier alpha value is -1.62. The van der Waals surface area contributed by atoms with Gasteiger partial charge >= 0.3 is 12.1 Å². The van der Waals surface area contributed by atoms with Crippen molar-refractivity contribution in [1.82, 2.24) is 0 Å². The van der Waals surface area contributed by atoms with Gasteiger partial charge in [-0.05, 0) is 40.2 Å². The van der Waals surface area contributed by atoms with Gasteiger partial charge in [-0.1, -0.05) is 0 Å². The summed E-state index contributed by atoms with van der Waals surface area (Å²) in [5.74, 6) is -7.19. The summed E-state index contributed by atoms with van der Waals surface area (Å²) in [6.45, 7) is 0. The zero-order valence-corrected chi connectivity index (χ0v) is 14.9. The van der Waals surface area contributed by atoms with Crippen LogP contribution in [0.3, 0.4) is 0 Å². The largest absolute Gasteiger partial charge is 0.459 e.